The Morgan fingerprint density at radius 3 is 2.46 bits per heavy atom. The Labute approximate surface area is 154 Å². The van der Waals surface area contributed by atoms with Gasteiger partial charge in [-0.1, -0.05) is 48.0 Å². The van der Waals surface area contributed by atoms with E-state index >= 15 is 0 Å². The Hall–Kier alpha value is -2.82. The van der Waals surface area contributed by atoms with Crippen molar-refractivity contribution >= 4 is 11.9 Å². The van der Waals surface area contributed by atoms with Crippen LogP contribution in [0.3, 0.4) is 0 Å². The van der Waals surface area contributed by atoms with E-state index in [1.165, 1.54) is 5.56 Å². The minimum atomic E-state index is -0.456. The van der Waals surface area contributed by atoms with Crippen LogP contribution in [0.1, 0.15) is 23.1 Å². The molecule has 0 aliphatic carbocycles. The molecule has 5 nitrogen and oxygen atoms in total. The molecule has 0 spiro atoms. The van der Waals surface area contributed by atoms with Crippen LogP contribution in [0.25, 0.3) is 0 Å². The molecule has 0 saturated heterocycles. The normalized spacial score (nSPS) is 10.2. The van der Waals surface area contributed by atoms with Gasteiger partial charge in [0.25, 0.3) is 0 Å². The summed E-state index contributed by atoms with van der Waals surface area (Å²) < 4.78 is 10.5. The zero-order valence-corrected chi connectivity index (χ0v) is 15.3. The van der Waals surface area contributed by atoms with Gasteiger partial charge in [0.15, 0.2) is 6.61 Å². The fourth-order valence-corrected chi connectivity index (χ4v) is 2.35. The van der Waals surface area contributed by atoms with Gasteiger partial charge in [0.2, 0.25) is 5.91 Å². The van der Waals surface area contributed by atoms with Gasteiger partial charge in [-0.25, -0.2) is 4.79 Å². The highest BCUT2D eigenvalue weighted by Gasteiger charge is 2.07. The quantitative estimate of drug-likeness (QED) is 0.555. The van der Waals surface area contributed by atoms with E-state index in [0.29, 0.717) is 25.1 Å². The van der Waals surface area contributed by atoms with Crippen molar-refractivity contribution in [1.82, 2.24) is 5.32 Å². The molecule has 2 aromatic carbocycles. The predicted molar refractivity (Wildman–Crippen MR) is 100 cm³/mol. The third-order valence-corrected chi connectivity index (χ3v) is 3.89. The molecule has 1 amide bonds. The number of aryl methyl sites for hydroxylation is 3. The maximum absolute atomic E-state index is 11.8. The zero-order valence-electron chi connectivity index (χ0n) is 15.3. The molecule has 0 aliphatic heterocycles. The summed E-state index contributed by atoms with van der Waals surface area (Å²) in [6, 6.07) is 15.6. The van der Waals surface area contributed by atoms with E-state index in [-0.39, 0.29) is 19.1 Å². The standard InChI is InChI=1S/C21H25NO4/c1-16-7-9-18(10-8-16)11-12-20(23)22-13-14-25-21(24)15-26-19-6-4-3-5-17(19)2/h3-10H,11-15H2,1-2H3,(H,22,23). The first-order chi connectivity index (χ1) is 12.5. The van der Waals surface area contributed by atoms with Crippen molar-refractivity contribution in [3.63, 3.8) is 0 Å². The monoisotopic (exact) mass is 355 g/mol. The molecule has 26 heavy (non-hydrogen) atoms. The Balaban J connectivity index is 1.56. The van der Waals surface area contributed by atoms with Gasteiger partial charge in [0, 0.05) is 6.42 Å². The number of esters is 1. The average Bonchev–Trinajstić information content (AvgIpc) is 2.64. The Bertz CT molecular complexity index is 725. The van der Waals surface area contributed by atoms with Gasteiger partial charge in [0.05, 0.1) is 6.54 Å². The fraction of sp³-hybridized carbons (Fsp3) is 0.333. The lowest BCUT2D eigenvalue weighted by atomic mass is 10.1. The maximum Gasteiger partial charge on any atom is 0.344 e. The number of hydrogen-bond acceptors (Lipinski definition) is 4. The van der Waals surface area contributed by atoms with Crippen molar-refractivity contribution in [3.8, 4) is 5.75 Å². The van der Waals surface area contributed by atoms with E-state index in [0.717, 1.165) is 11.1 Å². The average molecular weight is 355 g/mol. The summed E-state index contributed by atoms with van der Waals surface area (Å²) in [5, 5.41) is 2.75. The van der Waals surface area contributed by atoms with Gasteiger partial charge in [-0.05, 0) is 37.5 Å². The molecule has 0 aromatic heterocycles. The summed E-state index contributed by atoms with van der Waals surface area (Å²) in [4.78, 5) is 23.5. The Morgan fingerprint density at radius 1 is 1.00 bits per heavy atom. The van der Waals surface area contributed by atoms with E-state index in [1.54, 1.807) is 6.07 Å². The Kier molecular flexibility index (Phi) is 7.68. The third-order valence-electron chi connectivity index (χ3n) is 3.89. The second-order valence-electron chi connectivity index (χ2n) is 6.11. The first-order valence-corrected chi connectivity index (χ1v) is 8.71. The van der Waals surface area contributed by atoms with Crippen LogP contribution in [0.5, 0.6) is 5.75 Å². The Morgan fingerprint density at radius 2 is 1.73 bits per heavy atom. The van der Waals surface area contributed by atoms with Crippen LogP contribution in [0, 0.1) is 13.8 Å². The van der Waals surface area contributed by atoms with Crippen molar-refractivity contribution in [2.24, 2.45) is 0 Å². The minimum absolute atomic E-state index is 0.0576. The first-order valence-electron chi connectivity index (χ1n) is 8.71. The second-order valence-corrected chi connectivity index (χ2v) is 6.11. The molecule has 2 aromatic rings. The van der Waals surface area contributed by atoms with Crippen LogP contribution in [-0.2, 0) is 20.7 Å². The lowest BCUT2D eigenvalue weighted by molar-refractivity contribution is -0.146. The molecular weight excluding hydrogens is 330 g/mol. The van der Waals surface area contributed by atoms with Gasteiger partial charge >= 0.3 is 5.97 Å². The third kappa shape index (κ3) is 6.97. The van der Waals surface area contributed by atoms with Gasteiger partial charge < -0.3 is 14.8 Å². The summed E-state index contributed by atoms with van der Waals surface area (Å²) in [5.41, 5.74) is 3.29. The zero-order chi connectivity index (χ0) is 18.8. The molecule has 0 aliphatic rings. The molecule has 0 saturated carbocycles. The number of carbonyl (C=O) groups is 2. The summed E-state index contributed by atoms with van der Waals surface area (Å²) in [6.07, 6.45) is 1.10. The minimum Gasteiger partial charge on any atom is -0.482 e. The van der Waals surface area contributed by atoms with Crippen molar-refractivity contribution < 1.29 is 19.1 Å². The first kappa shape index (κ1) is 19.5. The molecule has 5 heteroatoms. The SMILES string of the molecule is Cc1ccc(CCC(=O)NCCOC(=O)COc2ccccc2C)cc1. The number of benzene rings is 2. The van der Waals surface area contributed by atoms with Crippen molar-refractivity contribution in [1.29, 1.82) is 0 Å². The molecule has 0 atom stereocenters. The smallest absolute Gasteiger partial charge is 0.344 e. The lowest BCUT2D eigenvalue weighted by Gasteiger charge is -2.09. The highest BCUT2D eigenvalue weighted by Crippen LogP contribution is 2.15. The van der Waals surface area contributed by atoms with Gasteiger partial charge in [-0.2, -0.15) is 0 Å². The van der Waals surface area contributed by atoms with Crippen LogP contribution in [-0.4, -0.2) is 31.6 Å². The van der Waals surface area contributed by atoms with Crippen LogP contribution in [0.4, 0.5) is 0 Å². The van der Waals surface area contributed by atoms with Gasteiger partial charge in [-0.15, -0.1) is 0 Å². The molecule has 138 valence electrons. The number of amides is 1. The van der Waals surface area contributed by atoms with Gasteiger partial charge in [0.1, 0.15) is 12.4 Å². The second kappa shape index (κ2) is 10.2. The van der Waals surface area contributed by atoms with Gasteiger partial charge in [-0.3, -0.25) is 4.79 Å². The molecule has 0 unspecified atom stereocenters. The highest BCUT2D eigenvalue weighted by molar-refractivity contribution is 5.76. The maximum atomic E-state index is 11.8. The molecule has 2 rings (SSSR count). The van der Waals surface area contributed by atoms with Crippen LogP contribution in [0.15, 0.2) is 48.5 Å². The number of rotatable bonds is 9. The number of hydrogen-bond donors (Lipinski definition) is 1. The van der Waals surface area contributed by atoms with E-state index in [1.807, 2.05) is 56.3 Å². The van der Waals surface area contributed by atoms with Crippen LogP contribution < -0.4 is 10.1 Å². The molecule has 0 heterocycles. The number of carbonyl (C=O) groups excluding carboxylic acids is 2. The summed E-state index contributed by atoms with van der Waals surface area (Å²) in [7, 11) is 0. The predicted octanol–water partition coefficient (Wildman–Crippen LogP) is 2.97. The fourth-order valence-electron chi connectivity index (χ4n) is 2.35. The van der Waals surface area contributed by atoms with Crippen molar-refractivity contribution in [2.75, 3.05) is 19.8 Å². The van der Waals surface area contributed by atoms with E-state index in [4.69, 9.17) is 9.47 Å². The van der Waals surface area contributed by atoms with Crippen LogP contribution >= 0.6 is 0 Å². The highest BCUT2D eigenvalue weighted by atomic mass is 16.6. The summed E-state index contributed by atoms with van der Waals surface area (Å²) >= 11 is 0. The number of para-hydroxylation sites is 1. The summed E-state index contributed by atoms with van der Waals surface area (Å²) in [5.74, 6) is 0.147. The van der Waals surface area contributed by atoms with Crippen LogP contribution in [0.2, 0.25) is 0 Å². The molecular formula is C21H25NO4. The lowest BCUT2D eigenvalue weighted by Crippen LogP contribution is -2.29. The summed E-state index contributed by atoms with van der Waals surface area (Å²) in [6.45, 7) is 4.22. The number of ether oxygens (including phenoxy) is 2. The largest absolute Gasteiger partial charge is 0.482 e. The molecule has 0 radical (unpaired) electrons. The molecule has 0 fully saturated rings. The topological polar surface area (TPSA) is 64.6 Å². The van der Waals surface area contributed by atoms with Crippen molar-refractivity contribution in [2.45, 2.75) is 26.7 Å². The van der Waals surface area contributed by atoms with Crippen molar-refractivity contribution in [3.05, 3.63) is 65.2 Å². The molecule has 1 N–H and O–H groups in total. The van der Waals surface area contributed by atoms with E-state index < -0.39 is 5.97 Å². The van der Waals surface area contributed by atoms with E-state index in [2.05, 4.69) is 5.32 Å². The molecule has 0 bridgehead atoms. The van der Waals surface area contributed by atoms with E-state index in [9.17, 15) is 9.59 Å². The number of nitrogens with one attached hydrogen (secondary N) is 1.